The molecule has 0 amide bonds. The minimum Gasteiger partial charge on any atom is -0.508 e. The Hall–Kier alpha value is -2.56. The summed E-state index contributed by atoms with van der Waals surface area (Å²) in [6.45, 7) is 0. The Labute approximate surface area is 97.1 Å². The Morgan fingerprint density at radius 1 is 1.12 bits per heavy atom. The zero-order valence-electron chi connectivity index (χ0n) is 8.91. The molecule has 0 aliphatic rings. The van der Waals surface area contributed by atoms with Crippen molar-refractivity contribution >= 4 is 11.3 Å². The van der Waals surface area contributed by atoms with Crippen LogP contribution >= 0.6 is 0 Å². The normalized spacial score (nSPS) is 10.8. The second kappa shape index (κ2) is 3.48. The van der Waals surface area contributed by atoms with Gasteiger partial charge in [0.2, 0.25) is 0 Å². The van der Waals surface area contributed by atoms with Gasteiger partial charge in [-0.3, -0.25) is 4.40 Å². The summed E-state index contributed by atoms with van der Waals surface area (Å²) in [5.74, 6) is 0.853. The molecule has 3 rings (SSSR count). The van der Waals surface area contributed by atoms with E-state index < -0.39 is 0 Å². The number of hydrogen-bond donors (Lipinski definition) is 2. The lowest BCUT2D eigenvalue weighted by Crippen LogP contribution is -1.93. The molecule has 5 heteroatoms. The van der Waals surface area contributed by atoms with E-state index in [1.165, 1.54) is 0 Å². The quantitative estimate of drug-likeness (QED) is 0.662. The Kier molecular flexibility index (Phi) is 1.98. The fourth-order valence-electron chi connectivity index (χ4n) is 1.78. The SMILES string of the molecule is Nc1cccn2c(-c3cccc(O)c3)nnc12. The van der Waals surface area contributed by atoms with Gasteiger partial charge >= 0.3 is 0 Å². The molecule has 84 valence electrons. The summed E-state index contributed by atoms with van der Waals surface area (Å²) in [6, 6.07) is 10.5. The van der Waals surface area contributed by atoms with Crippen LogP contribution in [0.3, 0.4) is 0 Å². The van der Waals surface area contributed by atoms with E-state index in [0.717, 1.165) is 5.56 Å². The summed E-state index contributed by atoms with van der Waals surface area (Å²) < 4.78 is 1.80. The number of anilines is 1. The summed E-state index contributed by atoms with van der Waals surface area (Å²) in [6.07, 6.45) is 1.84. The van der Waals surface area contributed by atoms with Gasteiger partial charge < -0.3 is 10.8 Å². The average molecular weight is 226 g/mol. The van der Waals surface area contributed by atoms with Crippen molar-refractivity contribution in [3.63, 3.8) is 0 Å². The molecule has 3 aromatic rings. The highest BCUT2D eigenvalue weighted by atomic mass is 16.3. The van der Waals surface area contributed by atoms with Gasteiger partial charge in [0.05, 0.1) is 5.69 Å². The van der Waals surface area contributed by atoms with Gasteiger partial charge in [0.15, 0.2) is 11.5 Å². The van der Waals surface area contributed by atoms with E-state index in [4.69, 9.17) is 5.73 Å². The number of phenolic OH excluding ortho intramolecular Hbond substituents is 1. The second-order valence-corrected chi connectivity index (χ2v) is 3.73. The summed E-state index contributed by atoms with van der Waals surface area (Å²) in [4.78, 5) is 0. The molecule has 0 radical (unpaired) electrons. The molecule has 0 aliphatic carbocycles. The molecule has 0 spiro atoms. The van der Waals surface area contributed by atoms with E-state index in [9.17, 15) is 5.11 Å². The van der Waals surface area contributed by atoms with Crippen LogP contribution in [0.5, 0.6) is 5.75 Å². The van der Waals surface area contributed by atoms with Crippen LogP contribution in [-0.4, -0.2) is 19.7 Å². The maximum Gasteiger partial charge on any atom is 0.184 e. The van der Waals surface area contributed by atoms with Crippen LogP contribution in [0, 0.1) is 0 Å². The van der Waals surface area contributed by atoms with E-state index >= 15 is 0 Å². The number of nitrogens with zero attached hydrogens (tertiary/aromatic N) is 3. The van der Waals surface area contributed by atoms with Crippen LogP contribution < -0.4 is 5.73 Å². The van der Waals surface area contributed by atoms with Crippen molar-refractivity contribution in [1.82, 2.24) is 14.6 Å². The Bertz CT molecular complexity index is 690. The first kappa shape index (κ1) is 9.65. The van der Waals surface area contributed by atoms with Crippen LogP contribution in [0.2, 0.25) is 0 Å². The molecule has 3 N–H and O–H groups in total. The van der Waals surface area contributed by atoms with E-state index in [2.05, 4.69) is 10.2 Å². The number of benzene rings is 1. The first-order chi connectivity index (χ1) is 8.25. The van der Waals surface area contributed by atoms with Crippen molar-refractivity contribution in [1.29, 1.82) is 0 Å². The number of aromatic hydroxyl groups is 1. The Balaban J connectivity index is 2.28. The molecule has 2 heterocycles. The summed E-state index contributed by atoms with van der Waals surface area (Å²) >= 11 is 0. The molecule has 0 saturated heterocycles. The number of rotatable bonds is 1. The molecule has 0 bridgehead atoms. The fraction of sp³-hybridized carbons (Fsp3) is 0. The first-order valence-electron chi connectivity index (χ1n) is 5.14. The van der Waals surface area contributed by atoms with Crippen molar-refractivity contribution in [2.45, 2.75) is 0 Å². The van der Waals surface area contributed by atoms with Crippen LogP contribution in [-0.2, 0) is 0 Å². The van der Waals surface area contributed by atoms with Crippen LogP contribution in [0.1, 0.15) is 0 Å². The third kappa shape index (κ3) is 1.48. The highest BCUT2D eigenvalue weighted by molar-refractivity contribution is 5.69. The van der Waals surface area contributed by atoms with Gasteiger partial charge in [0, 0.05) is 11.8 Å². The lowest BCUT2D eigenvalue weighted by Gasteiger charge is -2.01. The van der Waals surface area contributed by atoms with Gasteiger partial charge in [-0.05, 0) is 24.3 Å². The number of hydrogen-bond acceptors (Lipinski definition) is 4. The number of pyridine rings is 1. The Morgan fingerprint density at radius 3 is 2.82 bits per heavy atom. The lowest BCUT2D eigenvalue weighted by molar-refractivity contribution is 0.475. The van der Waals surface area contributed by atoms with Crippen molar-refractivity contribution in [2.24, 2.45) is 0 Å². The van der Waals surface area contributed by atoms with Gasteiger partial charge in [0.1, 0.15) is 5.75 Å². The minimum atomic E-state index is 0.197. The summed E-state index contributed by atoms with van der Waals surface area (Å²) in [5.41, 5.74) is 7.79. The number of nitrogens with two attached hydrogens (primary N) is 1. The van der Waals surface area contributed by atoms with Gasteiger partial charge in [-0.15, -0.1) is 10.2 Å². The smallest absolute Gasteiger partial charge is 0.184 e. The van der Waals surface area contributed by atoms with Crippen molar-refractivity contribution in [3.8, 4) is 17.1 Å². The van der Waals surface area contributed by atoms with E-state index in [0.29, 0.717) is 17.2 Å². The molecule has 0 unspecified atom stereocenters. The molecular weight excluding hydrogens is 216 g/mol. The molecule has 0 atom stereocenters. The average Bonchev–Trinajstić information content (AvgIpc) is 2.74. The molecular formula is C12H10N4O. The van der Waals surface area contributed by atoms with Crippen molar-refractivity contribution in [3.05, 3.63) is 42.6 Å². The minimum absolute atomic E-state index is 0.197. The zero-order valence-corrected chi connectivity index (χ0v) is 8.91. The maximum absolute atomic E-state index is 9.46. The Morgan fingerprint density at radius 2 is 2.00 bits per heavy atom. The number of fused-ring (bicyclic) bond motifs is 1. The molecule has 17 heavy (non-hydrogen) atoms. The summed E-state index contributed by atoms with van der Waals surface area (Å²) in [5, 5.41) is 17.6. The predicted molar refractivity (Wildman–Crippen MR) is 64.5 cm³/mol. The largest absolute Gasteiger partial charge is 0.508 e. The number of nitrogen functional groups attached to an aromatic ring is 1. The van der Waals surface area contributed by atoms with Gasteiger partial charge in [-0.1, -0.05) is 12.1 Å². The third-order valence-corrected chi connectivity index (χ3v) is 2.57. The summed E-state index contributed by atoms with van der Waals surface area (Å²) in [7, 11) is 0. The first-order valence-corrected chi connectivity index (χ1v) is 5.14. The molecule has 0 aliphatic heterocycles. The highest BCUT2D eigenvalue weighted by Crippen LogP contribution is 2.23. The van der Waals surface area contributed by atoms with Crippen LogP contribution in [0.4, 0.5) is 5.69 Å². The second-order valence-electron chi connectivity index (χ2n) is 3.73. The standard InChI is InChI=1S/C12H10N4O/c13-10-5-2-6-16-11(14-15-12(10)16)8-3-1-4-9(17)7-8/h1-7,17H,13H2. The number of aromatic nitrogens is 3. The van der Waals surface area contributed by atoms with Crippen LogP contribution in [0.15, 0.2) is 42.6 Å². The van der Waals surface area contributed by atoms with Gasteiger partial charge in [0.25, 0.3) is 0 Å². The molecule has 1 aromatic carbocycles. The van der Waals surface area contributed by atoms with Gasteiger partial charge in [-0.25, -0.2) is 0 Å². The monoisotopic (exact) mass is 226 g/mol. The fourth-order valence-corrected chi connectivity index (χ4v) is 1.78. The van der Waals surface area contributed by atoms with E-state index in [1.54, 1.807) is 28.7 Å². The zero-order chi connectivity index (χ0) is 11.8. The van der Waals surface area contributed by atoms with Crippen LogP contribution in [0.25, 0.3) is 17.0 Å². The topological polar surface area (TPSA) is 76.4 Å². The van der Waals surface area contributed by atoms with E-state index in [-0.39, 0.29) is 5.75 Å². The van der Waals surface area contributed by atoms with Crippen molar-refractivity contribution < 1.29 is 5.11 Å². The highest BCUT2D eigenvalue weighted by Gasteiger charge is 2.09. The lowest BCUT2D eigenvalue weighted by atomic mass is 10.2. The molecule has 0 fully saturated rings. The molecule has 0 saturated carbocycles. The molecule has 2 aromatic heterocycles. The van der Waals surface area contributed by atoms with Gasteiger partial charge in [-0.2, -0.15) is 0 Å². The third-order valence-electron chi connectivity index (χ3n) is 2.57. The maximum atomic E-state index is 9.46. The molecule has 5 nitrogen and oxygen atoms in total. The van der Waals surface area contributed by atoms with E-state index in [1.807, 2.05) is 18.3 Å². The predicted octanol–water partition coefficient (Wildman–Crippen LogP) is 1.68. The van der Waals surface area contributed by atoms with Crippen molar-refractivity contribution in [2.75, 3.05) is 5.73 Å². The number of phenols is 1.